The van der Waals surface area contributed by atoms with E-state index in [1.165, 1.54) is 11.1 Å². The van der Waals surface area contributed by atoms with Crippen LogP contribution in [0, 0.1) is 11.8 Å². The van der Waals surface area contributed by atoms with Gasteiger partial charge in [-0.25, -0.2) is 0 Å². The van der Waals surface area contributed by atoms with Crippen molar-refractivity contribution in [2.45, 2.75) is 33.1 Å². The first-order valence-corrected chi connectivity index (χ1v) is 7.31. The average molecular weight is 276 g/mol. The molecule has 0 saturated heterocycles. The van der Waals surface area contributed by atoms with Gasteiger partial charge in [-0.2, -0.15) is 10.2 Å². The summed E-state index contributed by atoms with van der Waals surface area (Å²) in [4.78, 5) is 0. The van der Waals surface area contributed by atoms with Crippen molar-refractivity contribution in [1.29, 1.82) is 0 Å². The molecule has 0 aliphatic carbocycles. The van der Waals surface area contributed by atoms with E-state index >= 15 is 0 Å². The molecule has 0 spiro atoms. The van der Waals surface area contributed by atoms with Crippen molar-refractivity contribution >= 4 is 11.4 Å². The van der Waals surface area contributed by atoms with Crippen LogP contribution in [0.15, 0.2) is 58.8 Å². The Morgan fingerprint density at radius 2 is 1.33 bits per heavy atom. The highest BCUT2D eigenvalue weighted by Gasteiger charge is 1.94. The van der Waals surface area contributed by atoms with Crippen molar-refractivity contribution in [1.82, 2.24) is 0 Å². The van der Waals surface area contributed by atoms with E-state index in [9.17, 15) is 0 Å². The van der Waals surface area contributed by atoms with Gasteiger partial charge in [0.05, 0.1) is 11.4 Å². The molecule has 0 aliphatic rings. The molecule has 0 bridgehead atoms. The van der Waals surface area contributed by atoms with E-state index in [1.54, 1.807) is 0 Å². The molecule has 0 aromatic heterocycles. The van der Waals surface area contributed by atoms with Crippen molar-refractivity contribution in [2.75, 3.05) is 0 Å². The van der Waals surface area contributed by atoms with E-state index in [-0.39, 0.29) is 0 Å². The van der Waals surface area contributed by atoms with Gasteiger partial charge in [0.2, 0.25) is 0 Å². The second kappa shape index (κ2) is 8.01. The zero-order chi connectivity index (χ0) is 14.9. The number of hydrogen-bond acceptors (Lipinski definition) is 2. The third-order valence-corrected chi connectivity index (χ3v) is 3.16. The fraction of sp³-hybridized carbons (Fsp3) is 0.263. The molecule has 0 amide bonds. The van der Waals surface area contributed by atoms with Crippen molar-refractivity contribution < 1.29 is 0 Å². The second-order valence-corrected chi connectivity index (χ2v) is 4.89. The third-order valence-electron chi connectivity index (χ3n) is 3.16. The van der Waals surface area contributed by atoms with Crippen LogP contribution in [-0.2, 0) is 12.8 Å². The summed E-state index contributed by atoms with van der Waals surface area (Å²) in [6, 6.07) is 16.3. The topological polar surface area (TPSA) is 24.7 Å². The zero-order valence-corrected chi connectivity index (χ0v) is 12.6. The van der Waals surface area contributed by atoms with Gasteiger partial charge in [0.1, 0.15) is 0 Å². The summed E-state index contributed by atoms with van der Waals surface area (Å²) >= 11 is 0. The normalized spacial score (nSPS) is 10.4. The second-order valence-electron chi connectivity index (χ2n) is 4.89. The largest absolute Gasteiger partial charge is 0.151 e. The lowest BCUT2D eigenvalue weighted by atomic mass is 10.1. The summed E-state index contributed by atoms with van der Waals surface area (Å²) in [7, 11) is 0. The highest BCUT2D eigenvalue weighted by Crippen LogP contribution is 2.19. The van der Waals surface area contributed by atoms with Crippen LogP contribution in [0.3, 0.4) is 0 Å². The molecular formula is C19H20N2. The van der Waals surface area contributed by atoms with Crippen LogP contribution in [0.5, 0.6) is 0 Å². The molecule has 2 rings (SSSR count). The molecule has 2 aromatic rings. The van der Waals surface area contributed by atoms with Gasteiger partial charge >= 0.3 is 0 Å². The fourth-order valence-electron chi connectivity index (χ4n) is 2.00. The lowest BCUT2D eigenvalue weighted by molar-refractivity contribution is 0.922. The number of hydrogen-bond donors (Lipinski definition) is 0. The lowest BCUT2D eigenvalue weighted by Gasteiger charge is -1.99. The van der Waals surface area contributed by atoms with Gasteiger partial charge in [-0.3, -0.25) is 0 Å². The number of nitrogens with zero attached hydrogens (tertiary/aromatic N) is 2. The minimum atomic E-state index is 0.785. The average Bonchev–Trinajstić information content (AvgIpc) is 2.53. The molecule has 2 nitrogen and oxygen atoms in total. The quantitative estimate of drug-likeness (QED) is 0.500. The smallest absolute Gasteiger partial charge is 0.0857 e. The zero-order valence-electron chi connectivity index (χ0n) is 12.6. The van der Waals surface area contributed by atoms with Crippen LogP contribution < -0.4 is 0 Å². The van der Waals surface area contributed by atoms with E-state index in [0.29, 0.717) is 0 Å². The molecule has 0 heterocycles. The first kappa shape index (κ1) is 15.0. The Labute approximate surface area is 126 Å². The van der Waals surface area contributed by atoms with Crippen molar-refractivity contribution in [2.24, 2.45) is 10.2 Å². The molecule has 0 N–H and O–H groups in total. The number of benzene rings is 2. The van der Waals surface area contributed by atoms with Crippen LogP contribution in [0.2, 0.25) is 0 Å². The van der Waals surface area contributed by atoms with E-state index < -0.39 is 0 Å². The Balaban J connectivity index is 2.00. The third kappa shape index (κ3) is 4.89. The Morgan fingerprint density at radius 1 is 0.810 bits per heavy atom. The molecule has 0 aliphatic heterocycles. The van der Waals surface area contributed by atoms with E-state index in [2.05, 4.69) is 41.1 Å². The van der Waals surface area contributed by atoms with Crippen LogP contribution in [0.4, 0.5) is 11.4 Å². The molecule has 2 aromatic carbocycles. The highest BCUT2D eigenvalue weighted by atomic mass is 15.1. The van der Waals surface area contributed by atoms with Gasteiger partial charge in [-0.1, -0.05) is 43.5 Å². The first-order chi connectivity index (χ1) is 10.3. The monoisotopic (exact) mass is 276 g/mol. The highest BCUT2D eigenvalue weighted by molar-refractivity contribution is 5.42. The summed E-state index contributed by atoms with van der Waals surface area (Å²) in [6.07, 6.45) is 3.06. The predicted octanol–water partition coefficient (Wildman–Crippen LogP) is 5.62. The maximum atomic E-state index is 4.27. The molecular weight excluding hydrogens is 256 g/mol. The van der Waals surface area contributed by atoms with E-state index in [1.807, 2.05) is 43.3 Å². The molecule has 0 atom stereocenters. The molecule has 2 heteroatoms. The summed E-state index contributed by atoms with van der Waals surface area (Å²) in [6.45, 7) is 4.04. The summed E-state index contributed by atoms with van der Waals surface area (Å²) < 4.78 is 0. The molecule has 0 fully saturated rings. The predicted molar refractivity (Wildman–Crippen MR) is 88.2 cm³/mol. The Hall–Kier alpha value is -2.40. The van der Waals surface area contributed by atoms with Crippen LogP contribution in [-0.4, -0.2) is 0 Å². The van der Waals surface area contributed by atoms with Gasteiger partial charge in [0, 0.05) is 6.42 Å². The van der Waals surface area contributed by atoms with Gasteiger partial charge < -0.3 is 0 Å². The van der Waals surface area contributed by atoms with Gasteiger partial charge in [-0.05, 0) is 48.7 Å². The van der Waals surface area contributed by atoms with Crippen molar-refractivity contribution in [3.63, 3.8) is 0 Å². The molecule has 0 radical (unpaired) electrons. The Kier molecular flexibility index (Phi) is 5.72. The standard InChI is InChI=1S/C19H20N2/c1-3-5-7-17-10-14-19(15-11-17)21-20-18-12-8-16(6-4-2)9-13-18/h8-15H,4,6-7H2,1-2H3/b21-20+. The van der Waals surface area contributed by atoms with E-state index in [4.69, 9.17) is 0 Å². The van der Waals surface area contributed by atoms with Crippen molar-refractivity contribution in [3.05, 3.63) is 59.7 Å². The van der Waals surface area contributed by atoms with Crippen LogP contribution in [0.25, 0.3) is 0 Å². The molecule has 106 valence electrons. The van der Waals surface area contributed by atoms with Crippen molar-refractivity contribution in [3.8, 4) is 11.8 Å². The van der Waals surface area contributed by atoms with Crippen LogP contribution in [0.1, 0.15) is 31.4 Å². The minimum absolute atomic E-state index is 0.785. The summed E-state index contributed by atoms with van der Waals surface area (Å²) in [5, 5.41) is 8.53. The first-order valence-electron chi connectivity index (χ1n) is 7.31. The lowest BCUT2D eigenvalue weighted by Crippen LogP contribution is -1.80. The molecule has 0 unspecified atom stereocenters. The minimum Gasteiger partial charge on any atom is -0.151 e. The maximum Gasteiger partial charge on any atom is 0.0857 e. The SMILES string of the molecule is CC#CCc1ccc(/N=N/c2ccc(CCC)cc2)cc1. The number of aryl methyl sites for hydroxylation is 1. The number of azo groups is 1. The van der Waals surface area contributed by atoms with Crippen LogP contribution >= 0.6 is 0 Å². The summed E-state index contributed by atoms with van der Waals surface area (Å²) in [5.74, 6) is 5.95. The number of rotatable bonds is 5. The van der Waals surface area contributed by atoms with Gasteiger partial charge in [0.15, 0.2) is 0 Å². The van der Waals surface area contributed by atoms with Gasteiger partial charge in [-0.15, -0.1) is 5.92 Å². The fourth-order valence-corrected chi connectivity index (χ4v) is 2.00. The molecule has 21 heavy (non-hydrogen) atoms. The maximum absolute atomic E-state index is 4.27. The summed E-state index contributed by atoms with van der Waals surface area (Å²) in [5.41, 5.74) is 4.29. The Morgan fingerprint density at radius 3 is 1.81 bits per heavy atom. The van der Waals surface area contributed by atoms with E-state index in [0.717, 1.165) is 30.6 Å². The van der Waals surface area contributed by atoms with Gasteiger partial charge in [0.25, 0.3) is 0 Å². The molecule has 0 saturated carbocycles. The Bertz CT molecular complexity index is 641.